The van der Waals surface area contributed by atoms with Crippen molar-refractivity contribution in [3.8, 4) is 0 Å². The fourth-order valence-electron chi connectivity index (χ4n) is 2.34. The number of amides is 1. The van der Waals surface area contributed by atoms with E-state index in [0.717, 1.165) is 6.42 Å². The van der Waals surface area contributed by atoms with Crippen LogP contribution in [0.15, 0.2) is 0 Å². The Labute approximate surface area is 116 Å². The van der Waals surface area contributed by atoms with E-state index < -0.39 is 16.1 Å². The molecule has 6 nitrogen and oxygen atoms in total. The average Bonchev–Trinajstić information content (AvgIpc) is 2.34. The van der Waals surface area contributed by atoms with Crippen LogP contribution < -0.4 is 5.73 Å². The lowest BCUT2D eigenvalue weighted by Crippen LogP contribution is -2.58. The summed E-state index contributed by atoms with van der Waals surface area (Å²) in [5.41, 5.74) is 5.94. The van der Waals surface area contributed by atoms with Gasteiger partial charge in [0.15, 0.2) is 0 Å². The summed E-state index contributed by atoms with van der Waals surface area (Å²) in [5, 5.41) is 0. The molecule has 1 amide bonds. The van der Waals surface area contributed by atoms with Gasteiger partial charge in [0, 0.05) is 25.7 Å². The molecule has 7 heteroatoms. The number of sulfonamides is 1. The van der Waals surface area contributed by atoms with Gasteiger partial charge in [-0.3, -0.25) is 4.79 Å². The molecule has 0 aromatic carbocycles. The molecule has 112 valence electrons. The zero-order valence-electron chi connectivity index (χ0n) is 12.2. The second kappa shape index (κ2) is 6.19. The summed E-state index contributed by atoms with van der Waals surface area (Å²) in [6, 6.07) is -0.696. The summed E-state index contributed by atoms with van der Waals surface area (Å²) >= 11 is 0. The number of nitrogens with zero attached hydrogens (tertiary/aromatic N) is 2. The quantitative estimate of drug-likeness (QED) is 0.781. The van der Waals surface area contributed by atoms with Crippen LogP contribution in [0.1, 0.15) is 27.2 Å². The zero-order valence-corrected chi connectivity index (χ0v) is 13.0. The van der Waals surface area contributed by atoms with Crippen LogP contribution in [0.4, 0.5) is 0 Å². The van der Waals surface area contributed by atoms with Crippen LogP contribution in [0.3, 0.4) is 0 Å². The monoisotopic (exact) mass is 291 g/mol. The first kappa shape index (κ1) is 16.4. The molecule has 1 fully saturated rings. The maximum absolute atomic E-state index is 12.2. The molecule has 0 bridgehead atoms. The van der Waals surface area contributed by atoms with Crippen LogP contribution >= 0.6 is 0 Å². The summed E-state index contributed by atoms with van der Waals surface area (Å²) in [6.07, 6.45) is 2.05. The molecule has 0 unspecified atom stereocenters. The fourth-order valence-corrected chi connectivity index (χ4v) is 3.48. The highest BCUT2D eigenvalue weighted by atomic mass is 32.2. The van der Waals surface area contributed by atoms with E-state index in [1.807, 2.05) is 20.8 Å². The summed E-state index contributed by atoms with van der Waals surface area (Å²) in [5.74, 6) is 0.0603. The van der Waals surface area contributed by atoms with E-state index in [0.29, 0.717) is 19.6 Å². The predicted octanol–water partition coefficient (Wildman–Crippen LogP) is -0.148. The fraction of sp³-hybridized carbons (Fsp3) is 0.917. The van der Waals surface area contributed by atoms with Crippen LogP contribution in [-0.2, 0) is 14.8 Å². The zero-order chi connectivity index (χ0) is 14.8. The Morgan fingerprint density at radius 2 is 2.00 bits per heavy atom. The molecule has 0 aromatic heterocycles. The van der Waals surface area contributed by atoms with E-state index in [4.69, 9.17) is 5.73 Å². The molecule has 1 aliphatic heterocycles. The first-order valence-electron chi connectivity index (χ1n) is 6.69. The number of carbonyl (C=O) groups is 1. The molecular weight excluding hydrogens is 266 g/mol. The second-order valence-electron chi connectivity index (χ2n) is 5.42. The van der Waals surface area contributed by atoms with Gasteiger partial charge in [0.1, 0.15) is 0 Å². The standard InChI is InChI=1S/C12H25N3O3S/c1-5-9(2)11(13)12(16)14-6-7-15(10(3)8-14)19(4,17)18/h9-11H,5-8,13H2,1-4H3/t9-,10-,11-/m0/s1. The Kier molecular flexibility index (Phi) is 5.34. The van der Waals surface area contributed by atoms with E-state index >= 15 is 0 Å². The van der Waals surface area contributed by atoms with E-state index in [1.165, 1.54) is 10.6 Å². The summed E-state index contributed by atoms with van der Waals surface area (Å²) in [6.45, 7) is 6.95. The van der Waals surface area contributed by atoms with E-state index in [9.17, 15) is 13.2 Å². The van der Waals surface area contributed by atoms with Crippen molar-refractivity contribution < 1.29 is 13.2 Å². The van der Waals surface area contributed by atoms with Crippen LogP contribution in [0.25, 0.3) is 0 Å². The maximum Gasteiger partial charge on any atom is 0.239 e. The van der Waals surface area contributed by atoms with Gasteiger partial charge in [-0.25, -0.2) is 8.42 Å². The highest BCUT2D eigenvalue weighted by Gasteiger charge is 2.34. The number of hydrogen-bond acceptors (Lipinski definition) is 4. The third kappa shape index (κ3) is 3.90. The van der Waals surface area contributed by atoms with Gasteiger partial charge in [-0.15, -0.1) is 0 Å². The minimum atomic E-state index is -3.20. The SMILES string of the molecule is CC[C@H](C)[C@H](N)C(=O)N1CCN(S(C)(=O)=O)[C@@H](C)C1. The van der Waals surface area contributed by atoms with Crippen LogP contribution in [0.5, 0.6) is 0 Å². The molecule has 3 atom stereocenters. The highest BCUT2D eigenvalue weighted by Crippen LogP contribution is 2.16. The first-order valence-corrected chi connectivity index (χ1v) is 8.54. The van der Waals surface area contributed by atoms with Crippen molar-refractivity contribution in [2.24, 2.45) is 11.7 Å². The van der Waals surface area contributed by atoms with Gasteiger partial charge >= 0.3 is 0 Å². The molecule has 1 heterocycles. The number of carbonyl (C=O) groups excluding carboxylic acids is 1. The van der Waals surface area contributed by atoms with Crippen LogP contribution in [0.2, 0.25) is 0 Å². The van der Waals surface area contributed by atoms with Crippen molar-refractivity contribution in [2.45, 2.75) is 39.3 Å². The number of rotatable bonds is 4. The molecule has 1 saturated heterocycles. The molecule has 1 aliphatic rings. The van der Waals surface area contributed by atoms with Crippen molar-refractivity contribution >= 4 is 15.9 Å². The topological polar surface area (TPSA) is 83.7 Å². The van der Waals surface area contributed by atoms with Crippen molar-refractivity contribution in [1.29, 1.82) is 0 Å². The Bertz CT molecular complexity index is 424. The van der Waals surface area contributed by atoms with E-state index in [-0.39, 0.29) is 17.9 Å². The first-order chi connectivity index (χ1) is 8.68. The molecular formula is C12H25N3O3S. The van der Waals surface area contributed by atoms with Crippen molar-refractivity contribution in [3.05, 3.63) is 0 Å². The molecule has 2 N–H and O–H groups in total. The minimum Gasteiger partial charge on any atom is -0.338 e. The van der Waals surface area contributed by atoms with Gasteiger partial charge in [-0.1, -0.05) is 20.3 Å². The average molecular weight is 291 g/mol. The Morgan fingerprint density at radius 3 is 2.42 bits per heavy atom. The Balaban J connectivity index is 2.69. The minimum absolute atomic E-state index is 0.0747. The van der Waals surface area contributed by atoms with Crippen molar-refractivity contribution in [1.82, 2.24) is 9.21 Å². The van der Waals surface area contributed by atoms with Gasteiger partial charge in [0.25, 0.3) is 0 Å². The smallest absolute Gasteiger partial charge is 0.239 e. The number of piperazine rings is 1. The molecule has 0 saturated carbocycles. The predicted molar refractivity (Wildman–Crippen MR) is 75.0 cm³/mol. The summed E-state index contributed by atoms with van der Waals surface area (Å²) in [7, 11) is -3.20. The van der Waals surface area contributed by atoms with Crippen LogP contribution in [-0.4, -0.2) is 61.5 Å². The maximum atomic E-state index is 12.2. The van der Waals surface area contributed by atoms with Gasteiger partial charge in [0.05, 0.1) is 12.3 Å². The second-order valence-corrected chi connectivity index (χ2v) is 7.35. The van der Waals surface area contributed by atoms with E-state index in [1.54, 1.807) is 4.90 Å². The van der Waals surface area contributed by atoms with Crippen molar-refractivity contribution in [3.63, 3.8) is 0 Å². The van der Waals surface area contributed by atoms with Gasteiger partial charge < -0.3 is 10.6 Å². The lowest BCUT2D eigenvalue weighted by molar-refractivity contribution is -0.135. The largest absolute Gasteiger partial charge is 0.338 e. The molecule has 19 heavy (non-hydrogen) atoms. The number of nitrogens with two attached hydrogens (primary N) is 1. The lowest BCUT2D eigenvalue weighted by Gasteiger charge is -2.39. The third-order valence-electron chi connectivity index (χ3n) is 3.85. The van der Waals surface area contributed by atoms with Gasteiger partial charge in [0.2, 0.25) is 15.9 Å². The van der Waals surface area contributed by atoms with Crippen molar-refractivity contribution in [2.75, 3.05) is 25.9 Å². The normalized spacial score (nSPS) is 25.1. The summed E-state index contributed by atoms with van der Waals surface area (Å²) in [4.78, 5) is 13.9. The highest BCUT2D eigenvalue weighted by molar-refractivity contribution is 7.88. The molecule has 1 rings (SSSR count). The molecule has 0 aromatic rings. The molecule has 0 spiro atoms. The Morgan fingerprint density at radius 1 is 1.42 bits per heavy atom. The van der Waals surface area contributed by atoms with Gasteiger partial charge in [-0.05, 0) is 12.8 Å². The molecule has 0 radical (unpaired) electrons. The van der Waals surface area contributed by atoms with E-state index in [2.05, 4.69) is 0 Å². The molecule has 0 aliphatic carbocycles. The van der Waals surface area contributed by atoms with Gasteiger partial charge in [-0.2, -0.15) is 4.31 Å². The lowest BCUT2D eigenvalue weighted by atomic mass is 9.98. The number of hydrogen-bond donors (Lipinski definition) is 1. The summed E-state index contributed by atoms with van der Waals surface area (Å²) < 4.78 is 24.6. The van der Waals surface area contributed by atoms with Crippen LogP contribution in [0, 0.1) is 5.92 Å². The third-order valence-corrected chi connectivity index (χ3v) is 5.24. The Hall–Kier alpha value is -0.660.